The SMILES string of the molecule is CC1(C)OB(c2ccc(N3CC[C@H](O)C3)nc2)OC1(C)C. The van der Waals surface area contributed by atoms with Gasteiger partial charge in [0, 0.05) is 24.7 Å². The van der Waals surface area contributed by atoms with E-state index in [9.17, 15) is 5.11 Å². The number of aromatic nitrogens is 1. The van der Waals surface area contributed by atoms with Crippen molar-refractivity contribution >= 4 is 18.4 Å². The predicted molar refractivity (Wildman–Crippen MR) is 82.8 cm³/mol. The number of anilines is 1. The smallest absolute Gasteiger partial charge is 0.399 e. The zero-order chi connectivity index (χ0) is 15.3. The molecule has 3 rings (SSSR count). The molecule has 2 aliphatic heterocycles. The van der Waals surface area contributed by atoms with Crippen LogP contribution in [0.2, 0.25) is 0 Å². The Morgan fingerprint density at radius 1 is 1.24 bits per heavy atom. The number of nitrogens with zero attached hydrogens (tertiary/aromatic N) is 2. The number of pyridine rings is 1. The van der Waals surface area contributed by atoms with Crippen molar-refractivity contribution in [1.82, 2.24) is 4.98 Å². The van der Waals surface area contributed by atoms with Crippen LogP contribution in [0.5, 0.6) is 0 Å². The largest absolute Gasteiger partial charge is 0.496 e. The molecule has 114 valence electrons. The second kappa shape index (κ2) is 4.97. The zero-order valence-electron chi connectivity index (χ0n) is 13.2. The summed E-state index contributed by atoms with van der Waals surface area (Å²) in [6.45, 7) is 9.68. The highest BCUT2D eigenvalue weighted by atomic mass is 16.7. The maximum Gasteiger partial charge on any atom is 0.496 e. The summed E-state index contributed by atoms with van der Waals surface area (Å²) in [4.78, 5) is 6.59. The molecule has 0 unspecified atom stereocenters. The Balaban J connectivity index is 1.74. The van der Waals surface area contributed by atoms with E-state index in [0.717, 1.165) is 24.2 Å². The molecule has 0 spiro atoms. The molecule has 0 aliphatic carbocycles. The molecule has 1 aromatic rings. The van der Waals surface area contributed by atoms with Crippen molar-refractivity contribution in [3.05, 3.63) is 18.3 Å². The lowest BCUT2D eigenvalue weighted by atomic mass is 9.80. The van der Waals surface area contributed by atoms with Gasteiger partial charge in [-0.2, -0.15) is 0 Å². The standard InChI is InChI=1S/C15H23BN2O3/c1-14(2)15(3,4)21-16(20-14)11-5-6-13(17-9-11)18-8-7-12(19)10-18/h5-6,9,12,19H,7-8,10H2,1-4H3/t12-/m0/s1. The maximum atomic E-state index is 9.59. The lowest BCUT2D eigenvalue weighted by Crippen LogP contribution is -2.41. The third kappa shape index (κ3) is 2.68. The number of rotatable bonds is 2. The van der Waals surface area contributed by atoms with Crippen LogP contribution in [0, 0.1) is 0 Å². The molecule has 1 N–H and O–H groups in total. The van der Waals surface area contributed by atoms with Gasteiger partial charge in [0.2, 0.25) is 0 Å². The van der Waals surface area contributed by atoms with Crippen molar-refractivity contribution in [3.63, 3.8) is 0 Å². The minimum atomic E-state index is -0.374. The second-order valence-corrected chi connectivity index (χ2v) is 6.93. The number of aliphatic hydroxyl groups excluding tert-OH is 1. The molecule has 0 amide bonds. The Labute approximate surface area is 126 Å². The number of β-amino-alcohol motifs (C(OH)–C–C–N with tert-alkyl or cyclic N) is 1. The summed E-state index contributed by atoms with van der Waals surface area (Å²) < 4.78 is 12.0. The summed E-state index contributed by atoms with van der Waals surface area (Å²) in [6, 6.07) is 3.97. The lowest BCUT2D eigenvalue weighted by Gasteiger charge is -2.32. The van der Waals surface area contributed by atoms with E-state index in [1.165, 1.54) is 0 Å². The van der Waals surface area contributed by atoms with E-state index in [0.29, 0.717) is 6.54 Å². The number of aliphatic hydroxyl groups is 1. The van der Waals surface area contributed by atoms with Crippen LogP contribution in [0.25, 0.3) is 0 Å². The average molecular weight is 290 g/mol. The van der Waals surface area contributed by atoms with E-state index in [2.05, 4.69) is 9.88 Å². The highest BCUT2D eigenvalue weighted by molar-refractivity contribution is 6.62. The van der Waals surface area contributed by atoms with Crippen LogP contribution in [0.1, 0.15) is 34.1 Å². The molecule has 2 fully saturated rings. The van der Waals surface area contributed by atoms with Gasteiger partial charge in [0.05, 0.1) is 17.3 Å². The van der Waals surface area contributed by atoms with E-state index in [-0.39, 0.29) is 24.4 Å². The summed E-state index contributed by atoms with van der Waals surface area (Å²) in [5.41, 5.74) is 0.252. The third-order valence-electron chi connectivity index (χ3n) is 4.78. The molecule has 2 saturated heterocycles. The van der Waals surface area contributed by atoms with Crippen molar-refractivity contribution in [1.29, 1.82) is 0 Å². The van der Waals surface area contributed by atoms with Crippen LogP contribution in [0.15, 0.2) is 18.3 Å². The normalized spacial score (nSPS) is 27.4. The van der Waals surface area contributed by atoms with E-state index < -0.39 is 0 Å². The topological polar surface area (TPSA) is 54.8 Å². The summed E-state index contributed by atoms with van der Waals surface area (Å²) in [5, 5.41) is 9.59. The van der Waals surface area contributed by atoms with Gasteiger partial charge in [0.25, 0.3) is 0 Å². The molecule has 6 heteroatoms. The van der Waals surface area contributed by atoms with Crippen molar-refractivity contribution in [2.45, 2.75) is 51.4 Å². The fourth-order valence-electron chi connectivity index (χ4n) is 2.65. The minimum Gasteiger partial charge on any atom is -0.399 e. The van der Waals surface area contributed by atoms with Gasteiger partial charge >= 0.3 is 7.12 Å². The predicted octanol–water partition coefficient (Wildman–Crippen LogP) is 0.952. The van der Waals surface area contributed by atoms with Gasteiger partial charge in [-0.1, -0.05) is 6.07 Å². The molecular formula is C15H23BN2O3. The summed E-state index contributed by atoms with van der Waals surface area (Å²) in [7, 11) is -0.374. The van der Waals surface area contributed by atoms with Crippen molar-refractivity contribution in [2.75, 3.05) is 18.0 Å². The van der Waals surface area contributed by atoms with Crippen LogP contribution in [-0.4, -0.2) is 47.6 Å². The molecule has 0 bridgehead atoms. The van der Waals surface area contributed by atoms with Crippen LogP contribution in [0.3, 0.4) is 0 Å². The first-order valence-corrected chi connectivity index (χ1v) is 7.53. The first kappa shape index (κ1) is 14.8. The minimum absolute atomic E-state index is 0.241. The van der Waals surface area contributed by atoms with E-state index in [4.69, 9.17) is 9.31 Å². The maximum absolute atomic E-state index is 9.59. The van der Waals surface area contributed by atoms with Gasteiger partial charge < -0.3 is 19.3 Å². The second-order valence-electron chi connectivity index (χ2n) is 6.93. The van der Waals surface area contributed by atoms with E-state index >= 15 is 0 Å². The van der Waals surface area contributed by atoms with Crippen molar-refractivity contribution < 1.29 is 14.4 Å². The third-order valence-corrected chi connectivity index (χ3v) is 4.78. The van der Waals surface area contributed by atoms with E-state index in [1.54, 1.807) is 0 Å². The molecular weight excluding hydrogens is 267 g/mol. The first-order chi connectivity index (χ1) is 9.78. The number of hydrogen-bond acceptors (Lipinski definition) is 5. The highest BCUT2D eigenvalue weighted by Crippen LogP contribution is 2.36. The van der Waals surface area contributed by atoms with Crippen LogP contribution >= 0.6 is 0 Å². The van der Waals surface area contributed by atoms with Gasteiger partial charge in [-0.25, -0.2) is 4.98 Å². The zero-order valence-corrected chi connectivity index (χ0v) is 13.2. The Bertz CT molecular complexity index is 502. The van der Waals surface area contributed by atoms with Gasteiger partial charge in [-0.05, 0) is 40.2 Å². The van der Waals surface area contributed by atoms with Gasteiger partial charge in [0.15, 0.2) is 0 Å². The Hall–Kier alpha value is -1.11. The summed E-state index contributed by atoms with van der Waals surface area (Å²) in [5.74, 6) is 0.895. The molecule has 0 radical (unpaired) electrons. The van der Waals surface area contributed by atoms with Gasteiger partial charge in [-0.15, -0.1) is 0 Å². The molecule has 0 saturated carbocycles. The van der Waals surface area contributed by atoms with Crippen LogP contribution < -0.4 is 10.4 Å². The van der Waals surface area contributed by atoms with Gasteiger partial charge in [-0.3, -0.25) is 0 Å². The Morgan fingerprint density at radius 3 is 2.38 bits per heavy atom. The van der Waals surface area contributed by atoms with Crippen LogP contribution in [0.4, 0.5) is 5.82 Å². The fourth-order valence-corrected chi connectivity index (χ4v) is 2.65. The van der Waals surface area contributed by atoms with Crippen LogP contribution in [-0.2, 0) is 9.31 Å². The first-order valence-electron chi connectivity index (χ1n) is 7.53. The van der Waals surface area contributed by atoms with Crippen molar-refractivity contribution in [2.24, 2.45) is 0 Å². The number of hydrogen-bond donors (Lipinski definition) is 1. The van der Waals surface area contributed by atoms with Crippen molar-refractivity contribution in [3.8, 4) is 0 Å². The molecule has 0 aromatic carbocycles. The quantitative estimate of drug-likeness (QED) is 0.822. The summed E-state index contributed by atoms with van der Waals surface area (Å²) >= 11 is 0. The molecule has 21 heavy (non-hydrogen) atoms. The van der Waals surface area contributed by atoms with Gasteiger partial charge in [0.1, 0.15) is 5.82 Å². The molecule has 3 heterocycles. The Kier molecular flexibility index (Phi) is 3.51. The fraction of sp³-hybridized carbons (Fsp3) is 0.667. The van der Waals surface area contributed by atoms with E-state index in [1.807, 2.05) is 46.0 Å². The molecule has 2 aliphatic rings. The molecule has 5 nitrogen and oxygen atoms in total. The summed E-state index contributed by atoms with van der Waals surface area (Å²) in [6.07, 6.45) is 2.37. The monoisotopic (exact) mass is 290 g/mol. The Morgan fingerprint density at radius 2 is 1.90 bits per heavy atom. The lowest BCUT2D eigenvalue weighted by molar-refractivity contribution is 0.00578. The average Bonchev–Trinajstić information content (AvgIpc) is 2.92. The molecule has 1 aromatic heterocycles. The highest BCUT2D eigenvalue weighted by Gasteiger charge is 2.51. The molecule has 1 atom stereocenters.